The summed E-state index contributed by atoms with van der Waals surface area (Å²) in [5.41, 5.74) is 2.15. The Morgan fingerprint density at radius 2 is 1.85 bits per heavy atom. The number of carbonyl (C=O) groups is 1. The molecule has 2 fully saturated rings. The van der Waals surface area contributed by atoms with Crippen molar-refractivity contribution >= 4 is 16.9 Å². The molecule has 2 aliphatic rings. The van der Waals surface area contributed by atoms with Crippen LogP contribution in [-0.4, -0.2) is 51.4 Å². The van der Waals surface area contributed by atoms with Gasteiger partial charge in [-0.1, -0.05) is 31.4 Å². The summed E-state index contributed by atoms with van der Waals surface area (Å²) in [5.74, 6) is 1.55. The number of likely N-dealkylation sites (tertiary alicyclic amines) is 1. The van der Waals surface area contributed by atoms with Gasteiger partial charge >= 0.3 is 0 Å². The summed E-state index contributed by atoms with van der Waals surface area (Å²) in [6, 6.07) is 8.23. The van der Waals surface area contributed by atoms with Gasteiger partial charge in [-0.3, -0.25) is 4.79 Å². The lowest BCUT2D eigenvalue weighted by atomic mass is 9.88. The van der Waals surface area contributed by atoms with Crippen LogP contribution < -0.4 is 0 Å². The van der Waals surface area contributed by atoms with Crippen molar-refractivity contribution in [3.05, 3.63) is 30.1 Å². The first-order valence-electron chi connectivity index (χ1n) is 10.6. The highest BCUT2D eigenvalue weighted by atomic mass is 16.2. The van der Waals surface area contributed by atoms with Crippen LogP contribution in [0, 0.1) is 5.92 Å². The minimum atomic E-state index is 0.215. The topological polar surface area (TPSA) is 41.4 Å². The number of imidazole rings is 1. The predicted octanol–water partition coefficient (Wildman–Crippen LogP) is 3.58. The van der Waals surface area contributed by atoms with Crippen molar-refractivity contribution in [2.24, 2.45) is 13.0 Å². The van der Waals surface area contributed by atoms with E-state index in [0.717, 1.165) is 42.8 Å². The number of rotatable bonds is 6. The van der Waals surface area contributed by atoms with Crippen LogP contribution in [0.25, 0.3) is 11.0 Å². The lowest BCUT2D eigenvalue weighted by Gasteiger charge is -2.30. The Bertz CT molecular complexity index is 772. The first-order chi connectivity index (χ1) is 13.2. The Balaban J connectivity index is 1.51. The zero-order valence-electron chi connectivity index (χ0n) is 16.6. The third-order valence-corrected chi connectivity index (χ3v) is 6.36. The maximum Gasteiger partial charge on any atom is 0.226 e. The summed E-state index contributed by atoms with van der Waals surface area (Å²) >= 11 is 0. The molecule has 0 bridgehead atoms. The Morgan fingerprint density at radius 3 is 2.59 bits per heavy atom. The quantitative estimate of drug-likeness (QED) is 0.783. The zero-order chi connectivity index (χ0) is 18.6. The highest BCUT2D eigenvalue weighted by Gasteiger charge is 2.27. The normalized spacial score (nSPS) is 19.0. The Hall–Kier alpha value is -1.88. The zero-order valence-corrected chi connectivity index (χ0v) is 16.6. The van der Waals surface area contributed by atoms with Gasteiger partial charge in [0.1, 0.15) is 5.82 Å². The molecule has 2 heterocycles. The molecule has 1 aliphatic heterocycles. The average molecular weight is 369 g/mol. The highest BCUT2D eigenvalue weighted by molar-refractivity contribution is 5.79. The summed E-state index contributed by atoms with van der Waals surface area (Å²) in [4.78, 5) is 22.7. The number of hydrogen-bond donors (Lipinski definition) is 0. The van der Waals surface area contributed by atoms with Gasteiger partial charge in [-0.2, -0.15) is 0 Å². The molecule has 0 radical (unpaired) electrons. The predicted molar refractivity (Wildman–Crippen MR) is 108 cm³/mol. The number of amides is 1. The number of benzene rings is 1. The van der Waals surface area contributed by atoms with Crippen molar-refractivity contribution in [3.8, 4) is 0 Å². The number of aromatic nitrogens is 2. The molecule has 1 aromatic heterocycles. The van der Waals surface area contributed by atoms with E-state index in [1.54, 1.807) is 0 Å². The van der Waals surface area contributed by atoms with Gasteiger partial charge in [0, 0.05) is 26.1 Å². The van der Waals surface area contributed by atoms with Gasteiger partial charge in [-0.25, -0.2) is 4.98 Å². The number of nitrogens with zero attached hydrogens (tertiary/aromatic N) is 4. The van der Waals surface area contributed by atoms with E-state index in [2.05, 4.69) is 33.5 Å². The van der Waals surface area contributed by atoms with Crippen LogP contribution in [0.1, 0.15) is 50.8 Å². The van der Waals surface area contributed by atoms with E-state index in [-0.39, 0.29) is 5.92 Å². The van der Waals surface area contributed by atoms with E-state index in [0.29, 0.717) is 12.5 Å². The van der Waals surface area contributed by atoms with Crippen molar-refractivity contribution in [1.29, 1.82) is 0 Å². The van der Waals surface area contributed by atoms with Crippen LogP contribution in [0.2, 0.25) is 0 Å². The monoisotopic (exact) mass is 368 g/mol. The molecular weight excluding hydrogens is 336 g/mol. The molecule has 0 atom stereocenters. The minimum absolute atomic E-state index is 0.215. The lowest BCUT2D eigenvalue weighted by Crippen LogP contribution is -2.41. The highest BCUT2D eigenvalue weighted by Crippen LogP contribution is 2.26. The number of aryl methyl sites for hydroxylation is 1. The van der Waals surface area contributed by atoms with Gasteiger partial charge in [0.05, 0.1) is 17.6 Å². The largest absolute Gasteiger partial charge is 0.334 e. The molecule has 146 valence electrons. The van der Waals surface area contributed by atoms with Gasteiger partial charge in [-0.15, -0.1) is 0 Å². The molecule has 0 spiro atoms. The molecule has 1 saturated heterocycles. The molecular formula is C22H32N4O. The summed E-state index contributed by atoms with van der Waals surface area (Å²) < 4.78 is 2.15. The summed E-state index contributed by atoms with van der Waals surface area (Å²) in [6.45, 7) is 4.78. The fraction of sp³-hybridized carbons (Fsp3) is 0.636. The van der Waals surface area contributed by atoms with E-state index < -0.39 is 0 Å². The van der Waals surface area contributed by atoms with Gasteiger partial charge in [0.2, 0.25) is 5.91 Å². The maximum atomic E-state index is 13.3. The standard InChI is InChI=1S/C22H32N4O/c1-24-20-12-6-5-11-19(20)23-21(24)17-26(16-15-25-13-7-8-14-25)22(27)18-9-3-2-4-10-18/h5-6,11-12,18H,2-4,7-10,13-17H2,1H3. The van der Waals surface area contributed by atoms with Crippen LogP contribution in [0.5, 0.6) is 0 Å². The molecule has 4 rings (SSSR count). The van der Waals surface area contributed by atoms with Crippen molar-refractivity contribution in [1.82, 2.24) is 19.4 Å². The molecule has 1 amide bonds. The number of fused-ring (bicyclic) bond motifs is 1. The summed E-state index contributed by atoms with van der Waals surface area (Å²) in [7, 11) is 2.06. The van der Waals surface area contributed by atoms with E-state index in [1.165, 1.54) is 45.2 Å². The van der Waals surface area contributed by atoms with Gasteiger partial charge in [0.15, 0.2) is 0 Å². The molecule has 2 aromatic rings. The first kappa shape index (κ1) is 18.5. The smallest absolute Gasteiger partial charge is 0.226 e. The summed E-state index contributed by atoms with van der Waals surface area (Å²) in [5, 5.41) is 0. The summed E-state index contributed by atoms with van der Waals surface area (Å²) in [6.07, 6.45) is 8.37. The van der Waals surface area contributed by atoms with E-state index >= 15 is 0 Å². The van der Waals surface area contributed by atoms with Crippen LogP contribution >= 0.6 is 0 Å². The van der Waals surface area contributed by atoms with Crippen molar-refractivity contribution < 1.29 is 4.79 Å². The third-order valence-electron chi connectivity index (χ3n) is 6.36. The van der Waals surface area contributed by atoms with Crippen molar-refractivity contribution in [3.63, 3.8) is 0 Å². The van der Waals surface area contributed by atoms with E-state index in [4.69, 9.17) is 4.98 Å². The van der Waals surface area contributed by atoms with Crippen LogP contribution in [0.3, 0.4) is 0 Å². The van der Waals surface area contributed by atoms with Gasteiger partial charge in [-0.05, 0) is 50.9 Å². The Labute approximate surface area is 162 Å². The molecule has 1 saturated carbocycles. The maximum absolute atomic E-state index is 13.3. The molecule has 5 nitrogen and oxygen atoms in total. The molecule has 5 heteroatoms. The van der Waals surface area contributed by atoms with Crippen molar-refractivity contribution in [2.45, 2.75) is 51.5 Å². The van der Waals surface area contributed by atoms with Gasteiger partial charge in [0.25, 0.3) is 0 Å². The Morgan fingerprint density at radius 1 is 1.11 bits per heavy atom. The molecule has 0 N–H and O–H groups in total. The SMILES string of the molecule is Cn1c(CN(CCN2CCCC2)C(=O)C2CCCCC2)nc2ccccc21. The fourth-order valence-electron chi connectivity index (χ4n) is 4.65. The molecule has 1 aliphatic carbocycles. The number of para-hydroxylation sites is 2. The number of carbonyl (C=O) groups excluding carboxylic acids is 1. The van der Waals surface area contributed by atoms with Crippen LogP contribution in [0.15, 0.2) is 24.3 Å². The molecule has 27 heavy (non-hydrogen) atoms. The average Bonchev–Trinajstić information content (AvgIpc) is 3.34. The number of hydrogen-bond acceptors (Lipinski definition) is 3. The van der Waals surface area contributed by atoms with E-state index in [9.17, 15) is 4.79 Å². The van der Waals surface area contributed by atoms with Crippen molar-refractivity contribution in [2.75, 3.05) is 26.2 Å². The van der Waals surface area contributed by atoms with Crippen LogP contribution in [0.4, 0.5) is 0 Å². The molecule has 0 unspecified atom stereocenters. The van der Waals surface area contributed by atoms with E-state index in [1.807, 2.05) is 12.1 Å². The van der Waals surface area contributed by atoms with Crippen LogP contribution in [-0.2, 0) is 18.4 Å². The van der Waals surface area contributed by atoms with Gasteiger partial charge < -0.3 is 14.4 Å². The second-order valence-electron chi connectivity index (χ2n) is 8.22. The Kier molecular flexibility index (Phi) is 5.77. The molecule has 1 aromatic carbocycles. The first-order valence-corrected chi connectivity index (χ1v) is 10.6. The minimum Gasteiger partial charge on any atom is -0.334 e. The third kappa shape index (κ3) is 4.18. The lowest BCUT2D eigenvalue weighted by molar-refractivity contribution is -0.137. The fourth-order valence-corrected chi connectivity index (χ4v) is 4.65. The second-order valence-corrected chi connectivity index (χ2v) is 8.22. The second kappa shape index (κ2) is 8.42.